The lowest BCUT2D eigenvalue weighted by molar-refractivity contribution is -0.148. The van der Waals surface area contributed by atoms with Crippen LogP contribution in [0, 0.1) is 0 Å². The van der Waals surface area contributed by atoms with E-state index in [1.54, 1.807) is 12.1 Å². The van der Waals surface area contributed by atoms with Gasteiger partial charge < -0.3 is 14.9 Å². The molecule has 2 saturated heterocycles. The van der Waals surface area contributed by atoms with E-state index in [9.17, 15) is 14.7 Å². The molecule has 1 aromatic rings. The van der Waals surface area contributed by atoms with E-state index in [0.29, 0.717) is 12.3 Å². The van der Waals surface area contributed by atoms with Crippen LogP contribution < -0.4 is 0 Å². The number of piperidine rings is 2. The summed E-state index contributed by atoms with van der Waals surface area (Å²) < 4.78 is 0. The first kappa shape index (κ1) is 18.7. The molecule has 1 N–H and O–H groups in total. The summed E-state index contributed by atoms with van der Waals surface area (Å²) in [7, 11) is 0. The lowest BCUT2D eigenvalue weighted by Gasteiger charge is -2.40. The van der Waals surface area contributed by atoms with E-state index in [2.05, 4.69) is 0 Å². The number of phenolic OH excluding ortho intramolecular Hbond substituents is 1. The zero-order valence-corrected chi connectivity index (χ0v) is 15.7. The standard InChI is InChI=1S/C21H30N2O3/c1-2-5-20(25)23-13-4-3-6-19(23)21(26)22-14-11-17(12-15-22)16-7-9-18(24)10-8-16/h7-10,17,19,24H,2-6,11-15H2,1H3/t19-/m1/s1. The molecule has 142 valence electrons. The Balaban J connectivity index is 1.60. The normalized spacial score (nSPS) is 21.7. The second-order valence-corrected chi connectivity index (χ2v) is 7.54. The third-order valence-corrected chi connectivity index (χ3v) is 5.74. The Hall–Kier alpha value is -2.04. The molecular weight excluding hydrogens is 328 g/mol. The molecule has 2 fully saturated rings. The van der Waals surface area contributed by atoms with Crippen LogP contribution in [-0.4, -0.2) is 52.4 Å². The number of aromatic hydroxyl groups is 1. The summed E-state index contributed by atoms with van der Waals surface area (Å²) in [5.74, 6) is 0.988. The molecule has 1 atom stereocenters. The van der Waals surface area contributed by atoms with Crippen LogP contribution >= 0.6 is 0 Å². The highest BCUT2D eigenvalue weighted by Gasteiger charge is 2.35. The molecule has 26 heavy (non-hydrogen) atoms. The first-order chi connectivity index (χ1) is 12.6. The van der Waals surface area contributed by atoms with Crippen molar-refractivity contribution in [3.63, 3.8) is 0 Å². The van der Waals surface area contributed by atoms with E-state index in [4.69, 9.17) is 0 Å². The quantitative estimate of drug-likeness (QED) is 0.898. The van der Waals surface area contributed by atoms with Crippen molar-refractivity contribution in [3.05, 3.63) is 29.8 Å². The second kappa shape index (κ2) is 8.56. The van der Waals surface area contributed by atoms with Crippen molar-refractivity contribution in [1.29, 1.82) is 0 Å². The van der Waals surface area contributed by atoms with Crippen LogP contribution in [0.3, 0.4) is 0 Å². The fourth-order valence-corrected chi connectivity index (χ4v) is 4.23. The van der Waals surface area contributed by atoms with Crippen LogP contribution in [0.2, 0.25) is 0 Å². The van der Waals surface area contributed by atoms with Gasteiger partial charge in [-0.05, 0) is 62.1 Å². The Morgan fingerprint density at radius 2 is 1.73 bits per heavy atom. The van der Waals surface area contributed by atoms with Crippen molar-refractivity contribution in [3.8, 4) is 5.75 Å². The predicted octanol–water partition coefficient (Wildman–Crippen LogP) is 3.28. The molecule has 5 nitrogen and oxygen atoms in total. The average Bonchev–Trinajstić information content (AvgIpc) is 2.68. The van der Waals surface area contributed by atoms with E-state index in [0.717, 1.165) is 58.2 Å². The van der Waals surface area contributed by atoms with Crippen molar-refractivity contribution in [2.75, 3.05) is 19.6 Å². The highest BCUT2D eigenvalue weighted by molar-refractivity contribution is 5.88. The maximum atomic E-state index is 13.1. The van der Waals surface area contributed by atoms with E-state index >= 15 is 0 Å². The minimum atomic E-state index is -0.256. The monoisotopic (exact) mass is 358 g/mol. The summed E-state index contributed by atoms with van der Waals surface area (Å²) in [5.41, 5.74) is 1.23. The molecular formula is C21H30N2O3. The number of rotatable bonds is 4. The van der Waals surface area contributed by atoms with E-state index in [1.807, 2.05) is 28.9 Å². The van der Waals surface area contributed by atoms with Crippen molar-refractivity contribution in [2.24, 2.45) is 0 Å². The number of hydrogen-bond acceptors (Lipinski definition) is 3. The van der Waals surface area contributed by atoms with Crippen LogP contribution in [0.15, 0.2) is 24.3 Å². The lowest BCUT2D eigenvalue weighted by atomic mass is 9.89. The molecule has 2 aliphatic rings. The molecule has 2 amide bonds. The minimum absolute atomic E-state index is 0.129. The fourth-order valence-electron chi connectivity index (χ4n) is 4.23. The van der Waals surface area contributed by atoms with Crippen LogP contribution in [0.4, 0.5) is 0 Å². The van der Waals surface area contributed by atoms with Crippen LogP contribution in [-0.2, 0) is 9.59 Å². The maximum Gasteiger partial charge on any atom is 0.245 e. The summed E-state index contributed by atoms with van der Waals surface area (Å²) in [4.78, 5) is 29.2. The zero-order valence-electron chi connectivity index (χ0n) is 15.7. The fraction of sp³-hybridized carbons (Fsp3) is 0.619. The van der Waals surface area contributed by atoms with Crippen LogP contribution in [0.1, 0.15) is 63.4 Å². The van der Waals surface area contributed by atoms with Gasteiger partial charge in [0.1, 0.15) is 11.8 Å². The first-order valence-electron chi connectivity index (χ1n) is 9.97. The number of hydrogen-bond donors (Lipinski definition) is 1. The summed E-state index contributed by atoms with van der Waals surface area (Å²) in [6, 6.07) is 7.15. The number of amides is 2. The molecule has 1 aromatic carbocycles. The maximum absolute atomic E-state index is 13.1. The third kappa shape index (κ3) is 4.19. The van der Waals surface area contributed by atoms with Crippen LogP contribution in [0.25, 0.3) is 0 Å². The van der Waals surface area contributed by atoms with Gasteiger partial charge in [0.2, 0.25) is 11.8 Å². The molecule has 0 aromatic heterocycles. The van der Waals surface area contributed by atoms with Gasteiger partial charge in [-0.2, -0.15) is 0 Å². The first-order valence-corrected chi connectivity index (χ1v) is 9.97. The largest absolute Gasteiger partial charge is 0.508 e. The Morgan fingerprint density at radius 3 is 2.38 bits per heavy atom. The third-order valence-electron chi connectivity index (χ3n) is 5.74. The van der Waals surface area contributed by atoms with Gasteiger partial charge in [-0.3, -0.25) is 9.59 Å². The van der Waals surface area contributed by atoms with Crippen molar-refractivity contribution < 1.29 is 14.7 Å². The molecule has 2 heterocycles. The second-order valence-electron chi connectivity index (χ2n) is 7.54. The number of benzene rings is 1. The smallest absolute Gasteiger partial charge is 0.245 e. The van der Waals surface area contributed by atoms with Crippen molar-refractivity contribution in [1.82, 2.24) is 9.80 Å². The van der Waals surface area contributed by atoms with Gasteiger partial charge in [0.25, 0.3) is 0 Å². The number of carbonyl (C=O) groups excluding carboxylic acids is 2. The number of phenols is 1. The topological polar surface area (TPSA) is 60.9 Å². The van der Waals surface area contributed by atoms with Gasteiger partial charge in [-0.25, -0.2) is 0 Å². The summed E-state index contributed by atoms with van der Waals surface area (Å²) >= 11 is 0. The average molecular weight is 358 g/mol. The SMILES string of the molecule is CCCC(=O)N1CCCC[C@@H]1C(=O)N1CCC(c2ccc(O)cc2)CC1. The summed E-state index contributed by atoms with van der Waals surface area (Å²) in [5, 5.41) is 9.44. The molecule has 3 rings (SSSR count). The highest BCUT2D eigenvalue weighted by Crippen LogP contribution is 2.30. The van der Waals surface area contributed by atoms with Gasteiger partial charge >= 0.3 is 0 Å². The van der Waals surface area contributed by atoms with Crippen molar-refractivity contribution in [2.45, 2.75) is 63.8 Å². The molecule has 5 heteroatoms. The van der Waals surface area contributed by atoms with Gasteiger partial charge in [0.05, 0.1) is 0 Å². The Kier molecular flexibility index (Phi) is 6.17. The van der Waals surface area contributed by atoms with E-state index < -0.39 is 0 Å². The number of nitrogens with zero attached hydrogens (tertiary/aromatic N) is 2. The Bertz CT molecular complexity index is 621. The lowest BCUT2D eigenvalue weighted by Crippen LogP contribution is -2.54. The summed E-state index contributed by atoms with van der Waals surface area (Å²) in [6.07, 6.45) is 6.06. The summed E-state index contributed by atoms with van der Waals surface area (Å²) in [6.45, 7) is 4.22. The van der Waals surface area contributed by atoms with Gasteiger partial charge in [0, 0.05) is 26.1 Å². The highest BCUT2D eigenvalue weighted by atomic mass is 16.3. The predicted molar refractivity (Wildman–Crippen MR) is 101 cm³/mol. The van der Waals surface area contributed by atoms with Gasteiger partial charge in [0.15, 0.2) is 0 Å². The zero-order chi connectivity index (χ0) is 18.5. The molecule has 0 unspecified atom stereocenters. The molecule has 0 spiro atoms. The Labute approximate surface area is 156 Å². The van der Waals surface area contributed by atoms with Crippen molar-refractivity contribution >= 4 is 11.8 Å². The van der Waals surface area contributed by atoms with E-state index in [1.165, 1.54) is 5.56 Å². The Morgan fingerprint density at radius 1 is 1.04 bits per heavy atom. The molecule has 2 aliphatic heterocycles. The van der Waals surface area contributed by atoms with Gasteiger partial charge in [-0.15, -0.1) is 0 Å². The number of likely N-dealkylation sites (tertiary alicyclic amines) is 2. The van der Waals surface area contributed by atoms with Gasteiger partial charge in [-0.1, -0.05) is 19.1 Å². The minimum Gasteiger partial charge on any atom is -0.508 e. The number of carbonyl (C=O) groups is 2. The van der Waals surface area contributed by atoms with Crippen LogP contribution in [0.5, 0.6) is 5.75 Å². The molecule has 0 aliphatic carbocycles. The molecule has 0 radical (unpaired) electrons. The molecule has 0 saturated carbocycles. The molecule has 0 bridgehead atoms. The van der Waals surface area contributed by atoms with E-state index in [-0.39, 0.29) is 23.6 Å².